The molecule has 0 aliphatic carbocycles. The minimum Gasteiger partial charge on any atom is -0.394 e. The van der Waals surface area contributed by atoms with E-state index in [4.69, 9.17) is 9.47 Å². The van der Waals surface area contributed by atoms with E-state index in [0.717, 1.165) is 51.4 Å². The summed E-state index contributed by atoms with van der Waals surface area (Å²) in [5.74, 6) is -0.190. The summed E-state index contributed by atoms with van der Waals surface area (Å²) in [6.45, 7) is 3.77. The Morgan fingerprint density at radius 2 is 0.934 bits per heavy atom. The fourth-order valence-corrected chi connectivity index (χ4v) is 8.05. The number of unbranched alkanes of at least 4 members (excludes halogenated alkanes) is 29. The first-order chi connectivity index (χ1) is 29.8. The van der Waals surface area contributed by atoms with Gasteiger partial charge in [0.15, 0.2) is 6.29 Å². The van der Waals surface area contributed by atoms with Crippen LogP contribution in [-0.4, -0.2) is 87.5 Å². The molecule has 0 aromatic rings. The van der Waals surface area contributed by atoms with Crippen molar-refractivity contribution in [3.63, 3.8) is 0 Å². The first-order valence-corrected chi connectivity index (χ1v) is 25.7. The molecule has 1 heterocycles. The SMILES string of the molecule is CCCCCCCCCCC/C=C\CCCCCCCCCC(=O)NC(COC1OC(CO)C(O)C(O)C1O)C(O)/C=C/CC/C=C/CCCCCCCCCCCCCC. The molecule has 9 heteroatoms. The molecule has 1 amide bonds. The highest BCUT2D eigenvalue weighted by molar-refractivity contribution is 5.76. The Bertz CT molecular complexity index is 1050. The average Bonchev–Trinajstić information content (AvgIpc) is 3.26. The maximum absolute atomic E-state index is 13.0. The molecule has 0 bridgehead atoms. The Morgan fingerprint density at radius 1 is 0.541 bits per heavy atom. The second kappa shape index (κ2) is 42.4. The molecule has 0 radical (unpaired) electrons. The average molecular weight is 864 g/mol. The van der Waals surface area contributed by atoms with Gasteiger partial charge in [-0.1, -0.05) is 204 Å². The van der Waals surface area contributed by atoms with Crippen LogP contribution in [0.15, 0.2) is 36.5 Å². The van der Waals surface area contributed by atoms with Gasteiger partial charge in [0.05, 0.1) is 25.4 Å². The fraction of sp³-hybridized carbons (Fsp3) is 0.865. The van der Waals surface area contributed by atoms with E-state index in [2.05, 4.69) is 43.5 Å². The number of carbonyl (C=O) groups is 1. The van der Waals surface area contributed by atoms with Crippen LogP contribution in [-0.2, 0) is 14.3 Å². The molecule has 7 atom stereocenters. The van der Waals surface area contributed by atoms with Crippen molar-refractivity contribution in [1.29, 1.82) is 0 Å². The Hall–Kier alpha value is -1.59. The van der Waals surface area contributed by atoms with Gasteiger partial charge in [-0.05, 0) is 57.8 Å². The molecule has 61 heavy (non-hydrogen) atoms. The smallest absolute Gasteiger partial charge is 0.220 e. The van der Waals surface area contributed by atoms with E-state index in [1.165, 1.54) is 161 Å². The highest BCUT2D eigenvalue weighted by Gasteiger charge is 2.44. The van der Waals surface area contributed by atoms with E-state index in [9.17, 15) is 30.3 Å². The molecular formula is C52H97NO8. The Kier molecular flexibility index (Phi) is 39.9. The lowest BCUT2D eigenvalue weighted by atomic mass is 9.99. The zero-order valence-electron chi connectivity index (χ0n) is 39.4. The monoisotopic (exact) mass is 864 g/mol. The van der Waals surface area contributed by atoms with Gasteiger partial charge in [-0.3, -0.25) is 4.79 Å². The Balaban J connectivity index is 2.32. The molecule has 6 N–H and O–H groups in total. The van der Waals surface area contributed by atoms with Crippen molar-refractivity contribution >= 4 is 5.91 Å². The van der Waals surface area contributed by atoms with Crippen molar-refractivity contribution < 1.29 is 39.8 Å². The third kappa shape index (κ3) is 32.7. The van der Waals surface area contributed by atoms with Crippen LogP contribution >= 0.6 is 0 Å². The third-order valence-electron chi connectivity index (χ3n) is 12.2. The second-order valence-electron chi connectivity index (χ2n) is 18.0. The number of amides is 1. The first kappa shape index (κ1) is 57.4. The molecular weight excluding hydrogens is 767 g/mol. The molecule has 0 spiro atoms. The maximum atomic E-state index is 13.0. The van der Waals surface area contributed by atoms with Crippen LogP contribution in [0.1, 0.15) is 232 Å². The van der Waals surface area contributed by atoms with Gasteiger partial charge in [0.1, 0.15) is 24.4 Å². The highest BCUT2D eigenvalue weighted by atomic mass is 16.7. The van der Waals surface area contributed by atoms with E-state index in [-0.39, 0.29) is 12.5 Å². The zero-order valence-corrected chi connectivity index (χ0v) is 39.4. The summed E-state index contributed by atoms with van der Waals surface area (Å²) in [6.07, 6.45) is 46.2. The lowest BCUT2D eigenvalue weighted by molar-refractivity contribution is -0.302. The molecule has 1 rings (SSSR count). The van der Waals surface area contributed by atoms with E-state index in [0.29, 0.717) is 6.42 Å². The summed E-state index contributed by atoms with van der Waals surface area (Å²) >= 11 is 0. The van der Waals surface area contributed by atoms with Crippen molar-refractivity contribution in [3.05, 3.63) is 36.5 Å². The van der Waals surface area contributed by atoms with Crippen LogP contribution < -0.4 is 5.32 Å². The number of hydrogen-bond acceptors (Lipinski definition) is 8. The molecule has 1 fully saturated rings. The minimum absolute atomic E-state index is 0.190. The number of aliphatic hydroxyl groups excluding tert-OH is 5. The van der Waals surface area contributed by atoms with Crippen LogP contribution in [0, 0.1) is 0 Å². The minimum atomic E-state index is -1.57. The van der Waals surface area contributed by atoms with Crippen molar-refractivity contribution in [3.8, 4) is 0 Å². The largest absolute Gasteiger partial charge is 0.394 e. The lowest BCUT2D eigenvalue weighted by Crippen LogP contribution is -2.60. The van der Waals surface area contributed by atoms with Gasteiger partial charge in [0.2, 0.25) is 5.91 Å². The summed E-state index contributed by atoms with van der Waals surface area (Å²) < 4.78 is 11.2. The standard InChI is InChI=1S/C52H97NO8/c1-3-5-7-9-11-13-15-17-19-21-23-24-26-28-30-32-34-36-38-40-42-48(56)53-45(44-60-52-51(59)50(58)49(57)47(43-54)61-52)46(55)41-39-37-35-33-31-29-27-25-22-20-18-16-14-12-10-8-6-4-2/h23-24,31,33,39,41,45-47,49-52,54-55,57-59H,3-22,25-30,32,34-38,40,42-44H2,1-2H3,(H,53,56)/b24-23-,33-31+,41-39+. The molecule has 358 valence electrons. The van der Waals surface area contributed by atoms with Crippen LogP contribution in [0.2, 0.25) is 0 Å². The number of carbonyl (C=O) groups excluding carboxylic acids is 1. The van der Waals surface area contributed by atoms with Crippen LogP contribution in [0.5, 0.6) is 0 Å². The molecule has 9 nitrogen and oxygen atoms in total. The molecule has 0 aromatic heterocycles. The van der Waals surface area contributed by atoms with Gasteiger partial charge < -0.3 is 40.3 Å². The van der Waals surface area contributed by atoms with Gasteiger partial charge in [-0.15, -0.1) is 0 Å². The van der Waals surface area contributed by atoms with Crippen molar-refractivity contribution in [2.24, 2.45) is 0 Å². The molecule has 7 unspecified atom stereocenters. The van der Waals surface area contributed by atoms with Crippen LogP contribution in [0.4, 0.5) is 0 Å². The quantitative estimate of drug-likeness (QED) is 0.0262. The lowest BCUT2D eigenvalue weighted by Gasteiger charge is -2.40. The zero-order chi connectivity index (χ0) is 44.4. The molecule has 1 aliphatic rings. The molecule has 1 aliphatic heterocycles. The van der Waals surface area contributed by atoms with E-state index in [1.807, 2.05) is 6.08 Å². The predicted octanol–water partition coefficient (Wildman–Crippen LogP) is 11.6. The summed E-state index contributed by atoms with van der Waals surface area (Å²) in [7, 11) is 0. The van der Waals surface area contributed by atoms with Gasteiger partial charge in [-0.2, -0.15) is 0 Å². The maximum Gasteiger partial charge on any atom is 0.220 e. The Morgan fingerprint density at radius 3 is 1.38 bits per heavy atom. The number of nitrogens with one attached hydrogen (secondary N) is 1. The van der Waals surface area contributed by atoms with Crippen LogP contribution in [0.3, 0.4) is 0 Å². The first-order valence-electron chi connectivity index (χ1n) is 25.7. The topological polar surface area (TPSA) is 149 Å². The normalized spacial score (nSPS) is 20.7. The molecule has 1 saturated heterocycles. The van der Waals surface area contributed by atoms with Crippen LogP contribution in [0.25, 0.3) is 0 Å². The summed E-state index contributed by atoms with van der Waals surface area (Å²) in [6, 6.07) is -0.823. The van der Waals surface area contributed by atoms with E-state index < -0.39 is 49.5 Å². The number of aliphatic hydroxyl groups is 5. The van der Waals surface area contributed by atoms with Crippen molar-refractivity contribution in [1.82, 2.24) is 5.32 Å². The number of hydrogen-bond donors (Lipinski definition) is 6. The van der Waals surface area contributed by atoms with Gasteiger partial charge >= 0.3 is 0 Å². The Labute approximate surface area is 374 Å². The highest BCUT2D eigenvalue weighted by Crippen LogP contribution is 2.23. The third-order valence-corrected chi connectivity index (χ3v) is 12.2. The van der Waals surface area contributed by atoms with E-state index in [1.54, 1.807) is 6.08 Å². The summed E-state index contributed by atoms with van der Waals surface area (Å²) in [5, 5.41) is 54.3. The van der Waals surface area contributed by atoms with Crippen molar-refractivity contribution in [2.45, 2.75) is 275 Å². The van der Waals surface area contributed by atoms with Gasteiger partial charge in [0.25, 0.3) is 0 Å². The second-order valence-corrected chi connectivity index (χ2v) is 18.0. The van der Waals surface area contributed by atoms with Gasteiger partial charge in [-0.25, -0.2) is 0 Å². The molecule has 0 aromatic carbocycles. The number of allylic oxidation sites excluding steroid dienone is 5. The predicted molar refractivity (Wildman–Crippen MR) is 253 cm³/mol. The fourth-order valence-electron chi connectivity index (χ4n) is 8.05. The number of rotatable bonds is 43. The van der Waals surface area contributed by atoms with E-state index >= 15 is 0 Å². The van der Waals surface area contributed by atoms with Gasteiger partial charge in [0, 0.05) is 6.42 Å². The number of ether oxygens (including phenoxy) is 2. The van der Waals surface area contributed by atoms with Crippen molar-refractivity contribution in [2.75, 3.05) is 13.2 Å². The molecule has 0 saturated carbocycles. The summed E-state index contributed by atoms with van der Waals surface area (Å²) in [4.78, 5) is 13.0. The summed E-state index contributed by atoms with van der Waals surface area (Å²) in [5.41, 5.74) is 0.